The third kappa shape index (κ3) is 4.36. The summed E-state index contributed by atoms with van der Waals surface area (Å²) in [6, 6.07) is 14.5. The minimum Gasteiger partial charge on any atom is -0.497 e. The van der Waals surface area contributed by atoms with E-state index < -0.39 is 0 Å². The van der Waals surface area contributed by atoms with Gasteiger partial charge < -0.3 is 19.3 Å². The number of ether oxygens (including phenoxy) is 2. The summed E-state index contributed by atoms with van der Waals surface area (Å²) in [5, 5.41) is 9.03. The van der Waals surface area contributed by atoms with Crippen molar-refractivity contribution in [2.45, 2.75) is 19.3 Å². The molecule has 2 aliphatic heterocycles. The molecule has 2 amide bonds. The number of amides is 2. The lowest BCUT2D eigenvalue weighted by atomic mass is 10.1. The maximum Gasteiger partial charge on any atom is 0.276 e. The van der Waals surface area contributed by atoms with Crippen molar-refractivity contribution < 1.29 is 19.1 Å². The molecule has 0 unspecified atom stereocenters. The molecule has 0 radical (unpaired) electrons. The zero-order chi connectivity index (χ0) is 23.7. The molecule has 1 saturated heterocycles. The van der Waals surface area contributed by atoms with Crippen LogP contribution in [0.25, 0.3) is 0 Å². The number of halogens is 1. The van der Waals surface area contributed by atoms with Crippen LogP contribution in [0.2, 0.25) is 5.02 Å². The summed E-state index contributed by atoms with van der Waals surface area (Å²) in [5.41, 5.74) is 2.58. The Labute approximate surface area is 201 Å². The van der Waals surface area contributed by atoms with Crippen LogP contribution in [-0.2, 0) is 17.9 Å². The van der Waals surface area contributed by atoms with E-state index in [2.05, 4.69) is 10.3 Å². The Morgan fingerprint density at radius 2 is 1.62 bits per heavy atom. The van der Waals surface area contributed by atoms with Crippen LogP contribution in [0.4, 0.5) is 0 Å². The maximum atomic E-state index is 13.2. The van der Waals surface area contributed by atoms with Gasteiger partial charge in [-0.15, -0.1) is 5.10 Å². The topological polar surface area (TPSA) is 89.8 Å². The highest BCUT2D eigenvalue weighted by Crippen LogP contribution is 2.28. The first-order valence-electron chi connectivity index (χ1n) is 11.1. The average molecular weight is 482 g/mol. The third-order valence-electron chi connectivity index (χ3n) is 6.23. The quantitative estimate of drug-likeness (QED) is 0.569. The van der Waals surface area contributed by atoms with Crippen molar-refractivity contribution in [2.24, 2.45) is 0 Å². The molecule has 0 spiro atoms. The number of hydrogen-bond donors (Lipinski definition) is 0. The molecule has 9 nitrogen and oxygen atoms in total. The lowest BCUT2D eigenvalue weighted by Gasteiger charge is -2.34. The van der Waals surface area contributed by atoms with E-state index in [9.17, 15) is 9.59 Å². The minimum absolute atomic E-state index is 0.0579. The van der Waals surface area contributed by atoms with Crippen LogP contribution in [0.1, 0.15) is 38.2 Å². The largest absolute Gasteiger partial charge is 0.497 e. The van der Waals surface area contributed by atoms with Gasteiger partial charge in [0, 0.05) is 36.8 Å². The van der Waals surface area contributed by atoms with Gasteiger partial charge in [-0.1, -0.05) is 28.9 Å². The molecular weight excluding hydrogens is 458 g/mol. The SMILES string of the molecule is COc1ccc(C(=O)N2CCN(C(=O)c3nnn4c3CO[C@@H](c3ccc(Cl)cc3)C4)CC2)cc1. The number of methoxy groups -OCH3 is 1. The van der Waals surface area contributed by atoms with Gasteiger partial charge in [0.15, 0.2) is 5.69 Å². The number of benzene rings is 2. The molecule has 0 bridgehead atoms. The number of carbonyl (C=O) groups excluding carboxylic acids is 2. The average Bonchev–Trinajstić information content (AvgIpc) is 3.32. The normalized spacial score (nSPS) is 17.9. The molecule has 1 fully saturated rings. The van der Waals surface area contributed by atoms with Gasteiger partial charge in [0.05, 0.1) is 26.0 Å². The Bertz CT molecular complexity index is 1190. The summed E-state index contributed by atoms with van der Waals surface area (Å²) in [6.45, 7) is 2.49. The summed E-state index contributed by atoms with van der Waals surface area (Å²) in [5.74, 6) is 0.455. The lowest BCUT2D eigenvalue weighted by Crippen LogP contribution is -2.50. The van der Waals surface area contributed by atoms with E-state index in [0.29, 0.717) is 60.4 Å². The summed E-state index contributed by atoms with van der Waals surface area (Å²) >= 11 is 5.98. The van der Waals surface area contributed by atoms with Gasteiger partial charge in [0.1, 0.15) is 11.9 Å². The van der Waals surface area contributed by atoms with E-state index in [-0.39, 0.29) is 24.5 Å². The zero-order valence-electron chi connectivity index (χ0n) is 18.7. The van der Waals surface area contributed by atoms with Gasteiger partial charge in [-0.2, -0.15) is 0 Å². The first-order valence-corrected chi connectivity index (χ1v) is 11.4. The van der Waals surface area contributed by atoms with E-state index in [1.54, 1.807) is 45.9 Å². The fraction of sp³-hybridized carbons (Fsp3) is 0.333. The van der Waals surface area contributed by atoms with Crippen LogP contribution in [0.5, 0.6) is 5.75 Å². The van der Waals surface area contributed by atoms with Crippen LogP contribution in [0, 0.1) is 0 Å². The van der Waals surface area contributed by atoms with E-state index in [4.69, 9.17) is 21.1 Å². The Morgan fingerprint density at radius 1 is 0.971 bits per heavy atom. The first-order chi connectivity index (χ1) is 16.5. The molecule has 176 valence electrons. The summed E-state index contributed by atoms with van der Waals surface area (Å²) in [4.78, 5) is 29.4. The molecule has 1 aromatic heterocycles. The number of rotatable bonds is 4. The van der Waals surface area contributed by atoms with Crippen LogP contribution in [-0.4, -0.2) is 69.9 Å². The monoisotopic (exact) mass is 481 g/mol. The molecule has 10 heteroatoms. The number of carbonyl (C=O) groups is 2. The third-order valence-corrected chi connectivity index (χ3v) is 6.49. The second-order valence-electron chi connectivity index (χ2n) is 8.23. The molecular formula is C24H24ClN5O4. The van der Waals surface area contributed by atoms with Crippen LogP contribution in [0.15, 0.2) is 48.5 Å². The summed E-state index contributed by atoms with van der Waals surface area (Å²) in [6.07, 6.45) is -0.179. The number of piperazine rings is 1. The molecule has 5 rings (SSSR count). The number of fused-ring (bicyclic) bond motifs is 1. The van der Waals surface area contributed by atoms with Crippen molar-refractivity contribution in [2.75, 3.05) is 33.3 Å². The minimum atomic E-state index is -0.189. The van der Waals surface area contributed by atoms with Crippen molar-refractivity contribution in [3.05, 3.63) is 76.1 Å². The molecule has 2 aromatic carbocycles. The maximum absolute atomic E-state index is 13.2. The molecule has 0 aliphatic carbocycles. The zero-order valence-corrected chi connectivity index (χ0v) is 19.4. The van der Waals surface area contributed by atoms with Gasteiger partial charge in [-0.3, -0.25) is 9.59 Å². The van der Waals surface area contributed by atoms with Gasteiger partial charge in [0.2, 0.25) is 0 Å². The lowest BCUT2D eigenvalue weighted by molar-refractivity contribution is -0.00202. The number of hydrogen-bond acceptors (Lipinski definition) is 6. The Balaban J connectivity index is 1.21. The Kier molecular flexibility index (Phi) is 6.21. The van der Waals surface area contributed by atoms with Crippen LogP contribution in [0.3, 0.4) is 0 Å². The molecule has 0 saturated carbocycles. The van der Waals surface area contributed by atoms with Gasteiger partial charge >= 0.3 is 0 Å². The fourth-order valence-corrected chi connectivity index (χ4v) is 4.36. The van der Waals surface area contributed by atoms with Crippen LogP contribution >= 0.6 is 11.6 Å². The van der Waals surface area contributed by atoms with Crippen molar-refractivity contribution in [3.63, 3.8) is 0 Å². The molecule has 34 heavy (non-hydrogen) atoms. The molecule has 3 heterocycles. The fourth-order valence-electron chi connectivity index (χ4n) is 4.24. The predicted molar refractivity (Wildman–Crippen MR) is 124 cm³/mol. The number of aromatic nitrogens is 3. The highest BCUT2D eigenvalue weighted by molar-refractivity contribution is 6.30. The summed E-state index contributed by atoms with van der Waals surface area (Å²) in [7, 11) is 1.59. The van der Waals surface area contributed by atoms with Gasteiger partial charge in [0.25, 0.3) is 11.8 Å². The van der Waals surface area contributed by atoms with E-state index >= 15 is 0 Å². The second kappa shape index (κ2) is 9.44. The van der Waals surface area contributed by atoms with Crippen molar-refractivity contribution in [3.8, 4) is 5.75 Å². The molecule has 1 atom stereocenters. The van der Waals surface area contributed by atoms with Crippen molar-refractivity contribution in [1.29, 1.82) is 0 Å². The summed E-state index contributed by atoms with van der Waals surface area (Å²) < 4.78 is 12.9. The second-order valence-corrected chi connectivity index (χ2v) is 8.67. The predicted octanol–water partition coefficient (Wildman–Crippen LogP) is 2.81. The molecule has 3 aromatic rings. The smallest absolute Gasteiger partial charge is 0.276 e. The van der Waals surface area contributed by atoms with E-state index in [0.717, 1.165) is 5.56 Å². The van der Waals surface area contributed by atoms with Crippen molar-refractivity contribution in [1.82, 2.24) is 24.8 Å². The molecule has 2 aliphatic rings. The number of nitrogens with zero attached hydrogens (tertiary/aromatic N) is 5. The van der Waals surface area contributed by atoms with E-state index in [1.807, 2.05) is 24.3 Å². The highest BCUT2D eigenvalue weighted by Gasteiger charge is 2.32. The van der Waals surface area contributed by atoms with E-state index in [1.165, 1.54) is 0 Å². The van der Waals surface area contributed by atoms with Gasteiger partial charge in [-0.05, 0) is 42.0 Å². The standard InChI is InChI=1S/C24H24ClN5O4/c1-33-19-8-4-17(5-9-19)23(31)28-10-12-29(13-11-28)24(32)22-20-15-34-21(14-30(20)27-26-22)16-2-6-18(25)7-3-16/h2-9,21H,10-15H2,1H3/t21-/m1/s1. The van der Waals surface area contributed by atoms with Gasteiger partial charge in [-0.25, -0.2) is 4.68 Å². The highest BCUT2D eigenvalue weighted by atomic mass is 35.5. The Morgan fingerprint density at radius 3 is 2.26 bits per heavy atom. The van der Waals surface area contributed by atoms with Crippen LogP contribution < -0.4 is 4.74 Å². The van der Waals surface area contributed by atoms with Crippen molar-refractivity contribution >= 4 is 23.4 Å². The molecule has 0 N–H and O–H groups in total. The first kappa shape index (κ1) is 22.4. The Hall–Kier alpha value is -3.43.